The minimum atomic E-state index is -1.13. The molecule has 0 bridgehead atoms. The Hall–Kier alpha value is -2.41. The summed E-state index contributed by atoms with van der Waals surface area (Å²) < 4.78 is 25.9. The number of carbonyl (C=O) groups is 2. The van der Waals surface area contributed by atoms with Gasteiger partial charge in [0, 0.05) is 11.3 Å². The smallest absolute Gasteiger partial charge is 0.326 e. The third-order valence-corrected chi connectivity index (χ3v) is 4.17. The predicted octanol–water partition coefficient (Wildman–Crippen LogP) is 2.87. The van der Waals surface area contributed by atoms with E-state index in [1.54, 1.807) is 24.3 Å². The molecule has 0 fully saturated rings. The van der Waals surface area contributed by atoms with E-state index in [0.29, 0.717) is 4.90 Å². The SMILES string of the molecule is O=C(CSc1ccc(F)c(F)c1)N[C@H](Cc1ccccc1)C(=O)O. The van der Waals surface area contributed by atoms with Gasteiger partial charge < -0.3 is 10.4 Å². The molecule has 0 unspecified atom stereocenters. The van der Waals surface area contributed by atoms with E-state index in [2.05, 4.69) is 5.32 Å². The molecule has 7 heteroatoms. The molecule has 2 rings (SSSR count). The second kappa shape index (κ2) is 8.44. The monoisotopic (exact) mass is 351 g/mol. The van der Waals surface area contributed by atoms with Gasteiger partial charge in [-0.3, -0.25) is 4.79 Å². The summed E-state index contributed by atoms with van der Waals surface area (Å²) in [4.78, 5) is 23.6. The van der Waals surface area contributed by atoms with E-state index in [1.807, 2.05) is 6.07 Å². The van der Waals surface area contributed by atoms with Crippen LogP contribution in [-0.2, 0) is 16.0 Å². The average Bonchev–Trinajstić information content (AvgIpc) is 2.56. The molecule has 2 aromatic rings. The summed E-state index contributed by atoms with van der Waals surface area (Å²) in [6.07, 6.45) is 0.164. The van der Waals surface area contributed by atoms with Crippen LogP contribution in [0.15, 0.2) is 53.4 Å². The van der Waals surface area contributed by atoms with Gasteiger partial charge in [-0.15, -0.1) is 11.8 Å². The summed E-state index contributed by atoms with van der Waals surface area (Å²) in [6.45, 7) is 0. The normalized spacial score (nSPS) is 11.8. The number of amides is 1. The predicted molar refractivity (Wildman–Crippen MR) is 86.8 cm³/mol. The molecule has 24 heavy (non-hydrogen) atoms. The lowest BCUT2D eigenvalue weighted by Crippen LogP contribution is -2.43. The van der Waals surface area contributed by atoms with Crippen LogP contribution in [0.2, 0.25) is 0 Å². The number of benzene rings is 2. The largest absolute Gasteiger partial charge is 0.480 e. The fourth-order valence-corrected chi connectivity index (χ4v) is 2.73. The maximum atomic E-state index is 13.1. The summed E-state index contributed by atoms with van der Waals surface area (Å²) in [5.74, 6) is -3.67. The van der Waals surface area contributed by atoms with Gasteiger partial charge in [-0.25, -0.2) is 13.6 Å². The Labute approximate surface area is 141 Å². The molecule has 1 amide bonds. The van der Waals surface area contributed by atoms with E-state index >= 15 is 0 Å². The second-order valence-electron chi connectivity index (χ2n) is 5.01. The zero-order chi connectivity index (χ0) is 17.5. The molecule has 2 aromatic carbocycles. The first-order valence-electron chi connectivity index (χ1n) is 7.09. The standard InChI is InChI=1S/C17H15F2NO3S/c18-13-7-6-12(9-14(13)19)24-10-16(21)20-15(17(22)23)8-11-4-2-1-3-5-11/h1-7,9,15H,8,10H2,(H,20,21)(H,22,23)/t15-/m1/s1. The Bertz CT molecular complexity index is 725. The minimum absolute atomic E-state index is 0.0936. The zero-order valence-corrected chi connectivity index (χ0v) is 13.4. The van der Waals surface area contributed by atoms with Crippen LogP contribution in [0.3, 0.4) is 0 Å². The lowest BCUT2D eigenvalue weighted by Gasteiger charge is -2.14. The van der Waals surface area contributed by atoms with E-state index in [-0.39, 0.29) is 12.2 Å². The molecule has 0 heterocycles. The average molecular weight is 351 g/mol. The molecule has 0 saturated carbocycles. The number of hydrogen-bond acceptors (Lipinski definition) is 3. The molecule has 0 aliphatic carbocycles. The first-order valence-corrected chi connectivity index (χ1v) is 8.08. The van der Waals surface area contributed by atoms with Crippen LogP contribution in [0.25, 0.3) is 0 Å². The molecular weight excluding hydrogens is 336 g/mol. The lowest BCUT2D eigenvalue weighted by molar-refractivity contribution is -0.141. The molecule has 0 aliphatic heterocycles. The van der Waals surface area contributed by atoms with Crippen LogP contribution in [0.5, 0.6) is 0 Å². The molecule has 0 aromatic heterocycles. The maximum Gasteiger partial charge on any atom is 0.326 e. The van der Waals surface area contributed by atoms with E-state index < -0.39 is 29.6 Å². The number of rotatable bonds is 7. The molecule has 126 valence electrons. The van der Waals surface area contributed by atoms with Crippen LogP contribution >= 0.6 is 11.8 Å². The van der Waals surface area contributed by atoms with Gasteiger partial charge in [0.15, 0.2) is 11.6 Å². The highest BCUT2D eigenvalue weighted by molar-refractivity contribution is 8.00. The summed E-state index contributed by atoms with van der Waals surface area (Å²) in [5, 5.41) is 11.7. The van der Waals surface area contributed by atoms with Crippen molar-refractivity contribution in [2.75, 3.05) is 5.75 Å². The van der Waals surface area contributed by atoms with Gasteiger partial charge in [0.1, 0.15) is 6.04 Å². The minimum Gasteiger partial charge on any atom is -0.480 e. The number of halogens is 2. The van der Waals surface area contributed by atoms with Gasteiger partial charge in [0.25, 0.3) is 0 Å². The van der Waals surface area contributed by atoms with E-state index in [1.165, 1.54) is 6.07 Å². The maximum absolute atomic E-state index is 13.1. The van der Waals surface area contributed by atoms with Crippen molar-refractivity contribution in [2.24, 2.45) is 0 Å². The van der Waals surface area contributed by atoms with E-state index in [9.17, 15) is 23.5 Å². The number of carbonyl (C=O) groups excluding carboxylic acids is 1. The van der Waals surface area contributed by atoms with Crippen LogP contribution in [0.1, 0.15) is 5.56 Å². The topological polar surface area (TPSA) is 66.4 Å². The lowest BCUT2D eigenvalue weighted by atomic mass is 10.1. The first-order chi connectivity index (χ1) is 11.5. The van der Waals surface area contributed by atoms with Crippen molar-refractivity contribution >= 4 is 23.6 Å². The summed E-state index contributed by atoms with van der Waals surface area (Å²) >= 11 is 1.000. The van der Waals surface area contributed by atoms with E-state index in [4.69, 9.17) is 0 Å². The molecule has 4 nitrogen and oxygen atoms in total. The molecule has 0 aliphatic rings. The highest BCUT2D eigenvalue weighted by atomic mass is 32.2. The number of carboxylic acid groups (broad SMARTS) is 1. The molecule has 0 saturated heterocycles. The Morgan fingerprint density at radius 2 is 1.79 bits per heavy atom. The third kappa shape index (κ3) is 5.34. The van der Waals surface area contributed by atoms with Crippen LogP contribution < -0.4 is 5.32 Å². The molecule has 0 radical (unpaired) electrons. The van der Waals surface area contributed by atoms with Gasteiger partial charge in [0.05, 0.1) is 5.75 Å². The Balaban J connectivity index is 1.90. The van der Waals surface area contributed by atoms with Gasteiger partial charge in [-0.1, -0.05) is 30.3 Å². The fourth-order valence-electron chi connectivity index (χ4n) is 2.00. The highest BCUT2D eigenvalue weighted by Crippen LogP contribution is 2.20. The third-order valence-electron chi connectivity index (χ3n) is 3.18. The van der Waals surface area contributed by atoms with Crippen molar-refractivity contribution in [1.82, 2.24) is 5.32 Å². The van der Waals surface area contributed by atoms with Crippen molar-refractivity contribution in [3.05, 3.63) is 65.7 Å². The molecule has 1 atom stereocenters. The van der Waals surface area contributed by atoms with Crippen LogP contribution in [0.4, 0.5) is 8.78 Å². The zero-order valence-electron chi connectivity index (χ0n) is 12.5. The van der Waals surface area contributed by atoms with Crippen LogP contribution in [0, 0.1) is 11.6 Å². The number of aliphatic carboxylic acids is 1. The van der Waals surface area contributed by atoms with Gasteiger partial charge in [0.2, 0.25) is 5.91 Å². The van der Waals surface area contributed by atoms with Crippen LogP contribution in [-0.4, -0.2) is 28.8 Å². The Kier molecular flexibility index (Phi) is 6.31. The first kappa shape index (κ1) is 17.9. The number of hydrogen-bond donors (Lipinski definition) is 2. The van der Waals surface area contributed by atoms with Gasteiger partial charge >= 0.3 is 5.97 Å². The summed E-state index contributed by atoms with van der Waals surface area (Å²) in [6, 6.07) is 11.2. The molecule has 0 spiro atoms. The Morgan fingerprint density at radius 3 is 2.42 bits per heavy atom. The summed E-state index contributed by atoms with van der Waals surface area (Å²) in [5.41, 5.74) is 0.790. The van der Waals surface area contributed by atoms with Crippen molar-refractivity contribution in [1.29, 1.82) is 0 Å². The molecule has 2 N–H and O–H groups in total. The van der Waals surface area contributed by atoms with Crippen molar-refractivity contribution in [3.8, 4) is 0 Å². The van der Waals surface area contributed by atoms with Crippen molar-refractivity contribution in [3.63, 3.8) is 0 Å². The number of nitrogens with one attached hydrogen (secondary N) is 1. The van der Waals surface area contributed by atoms with Gasteiger partial charge in [-0.05, 0) is 23.8 Å². The summed E-state index contributed by atoms with van der Waals surface area (Å²) in [7, 11) is 0. The quantitative estimate of drug-likeness (QED) is 0.753. The van der Waals surface area contributed by atoms with Gasteiger partial charge in [-0.2, -0.15) is 0 Å². The molecular formula is C17H15F2NO3S. The number of thioether (sulfide) groups is 1. The Morgan fingerprint density at radius 1 is 1.08 bits per heavy atom. The highest BCUT2D eigenvalue weighted by Gasteiger charge is 2.20. The fraction of sp³-hybridized carbons (Fsp3) is 0.176. The van der Waals surface area contributed by atoms with Crippen molar-refractivity contribution < 1.29 is 23.5 Å². The second-order valence-corrected chi connectivity index (χ2v) is 6.06. The van der Waals surface area contributed by atoms with Crippen molar-refractivity contribution in [2.45, 2.75) is 17.4 Å². The van der Waals surface area contributed by atoms with E-state index in [0.717, 1.165) is 29.5 Å². The number of carboxylic acids is 1.